The van der Waals surface area contributed by atoms with E-state index in [2.05, 4.69) is 55.1 Å². The second kappa shape index (κ2) is 4.76. The fraction of sp³-hybridized carbons (Fsp3) is 0.167. The summed E-state index contributed by atoms with van der Waals surface area (Å²) in [5, 5.41) is 2.67. The molecule has 2 aromatic rings. The van der Waals surface area contributed by atoms with Crippen LogP contribution in [-0.2, 0) is 0 Å². The first kappa shape index (κ1) is 9.94. The monoisotopic (exact) mass is 220 g/mol. The molecule has 0 amide bonds. The summed E-state index contributed by atoms with van der Waals surface area (Å²) in [5.74, 6) is 1.99. The van der Waals surface area contributed by atoms with E-state index in [9.17, 15) is 0 Å². The van der Waals surface area contributed by atoms with E-state index >= 15 is 0 Å². The zero-order chi connectivity index (χ0) is 9.80. The first-order chi connectivity index (χ1) is 6.92. The highest BCUT2D eigenvalue weighted by atomic mass is 32.2. The van der Waals surface area contributed by atoms with Crippen LogP contribution in [0, 0.1) is 0 Å². The maximum atomic E-state index is 4.22. The molecule has 0 N–H and O–H groups in total. The SMILES string of the molecule is SCCSc1cccc2ccccc12. The third-order valence-corrected chi connectivity index (χ3v) is 3.70. The van der Waals surface area contributed by atoms with Crippen LogP contribution in [0.4, 0.5) is 0 Å². The molecular formula is C12H12S2. The summed E-state index contributed by atoms with van der Waals surface area (Å²) in [7, 11) is 0. The Hall–Kier alpha value is -0.600. The molecule has 14 heavy (non-hydrogen) atoms. The van der Waals surface area contributed by atoms with Crippen molar-refractivity contribution in [1.82, 2.24) is 0 Å². The highest BCUT2D eigenvalue weighted by Crippen LogP contribution is 2.27. The lowest BCUT2D eigenvalue weighted by atomic mass is 10.1. The number of benzene rings is 2. The Balaban J connectivity index is 2.43. The van der Waals surface area contributed by atoms with Crippen LogP contribution in [0.2, 0.25) is 0 Å². The number of hydrogen-bond acceptors (Lipinski definition) is 2. The smallest absolute Gasteiger partial charge is 0.0151 e. The van der Waals surface area contributed by atoms with Gasteiger partial charge >= 0.3 is 0 Å². The fourth-order valence-corrected chi connectivity index (χ4v) is 2.58. The van der Waals surface area contributed by atoms with Gasteiger partial charge in [0.1, 0.15) is 0 Å². The van der Waals surface area contributed by atoms with Crippen molar-refractivity contribution in [2.75, 3.05) is 11.5 Å². The number of hydrogen-bond donors (Lipinski definition) is 1. The largest absolute Gasteiger partial charge is 0.178 e. The van der Waals surface area contributed by atoms with Gasteiger partial charge in [-0.15, -0.1) is 11.8 Å². The summed E-state index contributed by atoms with van der Waals surface area (Å²) in [6.45, 7) is 0. The van der Waals surface area contributed by atoms with Crippen molar-refractivity contribution in [3.05, 3.63) is 42.5 Å². The van der Waals surface area contributed by atoms with Crippen molar-refractivity contribution in [1.29, 1.82) is 0 Å². The molecule has 2 rings (SSSR count). The molecule has 0 aliphatic rings. The van der Waals surface area contributed by atoms with E-state index in [0.29, 0.717) is 0 Å². The Morgan fingerprint density at radius 1 is 1.00 bits per heavy atom. The van der Waals surface area contributed by atoms with Gasteiger partial charge in [-0.1, -0.05) is 36.4 Å². The highest BCUT2D eigenvalue weighted by Gasteiger charge is 1.99. The molecule has 0 aromatic heterocycles. The molecule has 2 aromatic carbocycles. The van der Waals surface area contributed by atoms with Gasteiger partial charge in [0.05, 0.1) is 0 Å². The van der Waals surface area contributed by atoms with Gasteiger partial charge in [-0.2, -0.15) is 12.6 Å². The Bertz CT molecular complexity index is 418. The van der Waals surface area contributed by atoms with E-state index in [-0.39, 0.29) is 0 Å². The van der Waals surface area contributed by atoms with Crippen LogP contribution in [0.3, 0.4) is 0 Å². The molecule has 0 saturated carbocycles. The predicted octanol–water partition coefficient (Wildman–Crippen LogP) is 3.86. The van der Waals surface area contributed by atoms with Crippen LogP contribution in [0.15, 0.2) is 47.4 Å². The lowest BCUT2D eigenvalue weighted by molar-refractivity contribution is 1.50. The molecule has 0 nitrogen and oxygen atoms in total. The fourth-order valence-electron chi connectivity index (χ4n) is 1.48. The molecule has 0 fully saturated rings. The number of thiol groups is 1. The molecule has 72 valence electrons. The van der Waals surface area contributed by atoms with E-state index in [0.717, 1.165) is 11.5 Å². The third kappa shape index (κ3) is 2.07. The van der Waals surface area contributed by atoms with Gasteiger partial charge in [-0.25, -0.2) is 0 Å². The molecule has 0 bridgehead atoms. The highest BCUT2D eigenvalue weighted by molar-refractivity contribution is 8.00. The summed E-state index contributed by atoms with van der Waals surface area (Å²) in [6.07, 6.45) is 0. The van der Waals surface area contributed by atoms with Crippen molar-refractivity contribution in [3.8, 4) is 0 Å². The molecule has 0 aliphatic heterocycles. The van der Waals surface area contributed by atoms with Gasteiger partial charge in [-0.05, 0) is 22.6 Å². The second-order valence-electron chi connectivity index (χ2n) is 3.05. The van der Waals surface area contributed by atoms with E-state index in [4.69, 9.17) is 0 Å². The predicted molar refractivity (Wildman–Crippen MR) is 68.5 cm³/mol. The minimum atomic E-state index is 0.924. The quantitative estimate of drug-likeness (QED) is 0.605. The molecule has 0 spiro atoms. The van der Waals surface area contributed by atoms with Gasteiger partial charge in [0.25, 0.3) is 0 Å². The van der Waals surface area contributed by atoms with Gasteiger partial charge in [0.2, 0.25) is 0 Å². The third-order valence-electron chi connectivity index (χ3n) is 2.10. The average molecular weight is 220 g/mol. The minimum absolute atomic E-state index is 0.924. The Morgan fingerprint density at radius 2 is 1.79 bits per heavy atom. The lowest BCUT2D eigenvalue weighted by Gasteiger charge is -2.04. The summed E-state index contributed by atoms with van der Waals surface area (Å²) in [5.41, 5.74) is 0. The summed E-state index contributed by atoms with van der Waals surface area (Å²) < 4.78 is 0. The van der Waals surface area contributed by atoms with Crippen LogP contribution in [0.5, 0.6) is 0 Å². The summed E-state index contributed by atoms with van der Waals surface area (Å²) >= 11 is 6.10. The zero-order valence-electron chi connectivity index (χ0n) is 7.81. The number of fused-ring (bicyclic) bond motifs is 1. The van der Waals surface area contributed by atoms with E-state index in [1.807, 2.05) is 11.8 Å². The number of rotatable bonds is 3. The second-order valence-corrected chi connectivity index (χ2v) is 4.63. The van der Waals surface area contributed by atoms with Crippen molar-refractivity contribution in [2.45, 2.75) is 4.90 Å². The molecule has 0 heterocycles. The van der Waals surface area contributed by atoms with Gasteiger partial charge in [0, 0.05) is 10.6 Å². The zero-order valence-corrected chi connectivity index (χ0v) is 9.52. The molecule has 0 saturated heterocycles. The first-order valence-corrected chi connectivity index (χ1v) is 6.25. The molecule has 0 atom stereocenters. The van der Waals surface area contributed by atoms with Crippen LogP contribution < -0.4 is 0 Å². The van der Waals surface area contributed by atoms with Crippen molar-refractivity contribution in [3.63, 3.8) is 0 Å². The number of thioether (sulfide) groups is 1. The standard InChI is InChI=1S/C12H12S2/c13-8-9-14-12-7-3-5-10-4-1-2-6-11(10)12/h1-7,13H,8-9H2. The van der Waals surface area contributed by atoms with E-state index in [1.54, 1.807) is 0 Å². The van der Waals surface area contributed by atoms with Crippen molar-refractivity contribution < 1.29 is 0 Å². The van der Waals surface area contributed by atoms with Crippen LogP contribution in [-0.4, -0.2) is 11.5 Å². The molecule has 2 heteroatoms. The minimum Gasteiger partial charge on any atom is -0.178 e. The molecule has 0 radical (unpaired) electrons. The summed E-state index contributed by atoms with van der Waals surface area (Å²) in [4.78, 5) is 1.36. The van der Waals surface area contributed by atoms with Gasteiger partial charge in [-0.3, -0.25) is 0 Å². The maximum Gasteiger partial charge on any atom is 0.0151 e. The van der Waals surface area contributed by atoms with Crippen molar-refractivity contribution >= 4 is 35.2 Å². The Labute approximate surface area is 94.1 Å². The van der Waals surface area contributed by atoms with E-state index in [1.165, 1.54) is 15.7 Å². The topological polar surface area (TPSA) is 0 Å². The summed E-state index contributed by atoms with van der Waals surface area (Å²) in [6, 6.07) is 14.9. The average Bonchev–Trinajstić information content (AvgIpc) is 2.26. The molecular weight excluding hydrogens is 208 g/mol. The normalized spacial score (nSPS) is 10.6. The Morgan fingerprint density at radius 3 is 2.64 bits per heavy atom. The van der Waals surface area contributed by atoms with Crippen LogP contribution in [0.25, 0.3) is 10.8 Å². The lowest BCUT2D eigenvalue weighted by Crippen LogP contribution is -1.81. The molecule has 0 aliphatic carbocycles. The van der Waals surface area contributed by atoms with Crippen molar-refractivity contribution in [2.24, 2.45) is 0 Å². The van der Waals surface area contributed by atoms with E-state index < -0.39 is 0 Å². The molecule has 0 unspecified atom stereocenters. The Kier molecular flexibility index (Phi) is 3.38. The maximum absolute atomic E-state index is 4.22. The van der Waals surface area contributed by atoms with Crippen LogP contribution >= 0.6 is 24.4 Å². The first-order valence-electron chi connectivity index (χ1n) is 4.63. The van der Waals surface area contributed by atoms with Gasteiger partial charge in [0.15, 0.2) is 0 Å². The van der Waals surface area contributed by atoms with Crippen LogP contribution in [0.1, 0.15) is 0 Å². The van der Waals surface area contributed by atoms with Gasteiger partial charge < -0.3 is 0 Å².